The van der Waals surface area contributed by atoms with Crippen molar-refractivity contribution in [2.24, 2.45) is 11.8 Å². The van der Waals surface area contributed by atoms with Gasteiger partial charge in [-0.2, -0.15) is 0 Å². The number of hydrogen-bond donors (Lipinski definition) is 2. The third kappa shape index (κ3) is 4.29. The standard InChI is InChI=1S/C31H32FN3OS/c32-27-9-6-24-18-35(19-25(24)13-27)29(36)17-33-31-15-21-12-26(31)16-30(14-21,20-31)34-37-28-10-7-23(8-11-28)22-4-2-1-3-5-22/h1-11,13,21,26,33-34H,12,14-20H2. The molecule has 8 rings (SSSR count). The number of benzene rings is 3. The molecule has 6 heteroatoms. The van der Waals surface area contributed by atoms with E-state index in [0.29, 0.717) is 25.6 Å². The molecule has 3 aromatic carbocycles. The zero-order chi connectivity index (χ0) is 25.0. The maximum absolute atomic E-state index is 13.6. The molecule has 4 saturated carbocycles. The van der Waals surface area contributed by atoms with Crippen LogP contribution in [0.3, 0.4) is 0 Å². The minimum absolute atomic E-state index is 0.0575. The van der Waals surface area contributed by atoms with Crippen LogP contribution in [-0.4, -0.2) is 28.4 Å². The summed E-state index contributed by atoms with van der Waals surface area (Å²) in [5.41, 5.74) is 4.66. The van der Waals surface area contributed by atoms with Crippen LogP contribution >= 0.6 is 11.9 Å². The van der Waals surface area contributed by atoms with E-state index in [2.05, 4.69) is 58.6 Å². The van der Waals surface area contributed by atoms with Crippen LogP contribution in [0.15, 0.2) is 77.7 Å². The molecule has 4 unspecified atom stereocenters. The first kappa shape index (κ1) is 23.4. The number of carbonyl (C=O) groups excluding carboxylic acids is 1. The van der Waals surface area contributed by atoms with Crippen LogP contribution in [0.4, 0.5) is 4.39 Å². The second-order valence-electron chi connectivity index (χ2n) is 11.6. The number of nitrogens with zero attached hydrogens (tertiary/aromatic N) is 1. The third-order valence-electron chi connectivity index (χ3n) is 9.20. The Morgan fingerprint density at radius 1 is 0.946 bits per heavy atom. The lowest BCUT2D eigenvalue weighted by molar-refractivity contribution is -0.131. The predicted molar refractivity (Wildman–Crippen MR) is 145 cm³/mol. The largest absolute Gasteiger partial charge is 0.333 e. The summed E-state index contributed by atoms with van der Waals surface area (Å²) < 4.78 is 17.5. The Labute approximate surface area is 222 Å². The monoisotopic (exact) mass is 513 g/mol. The van der Waals surface area contributed by atoms with E-state index in [9.17, 15) is 9.18 Å². The van der Waals surface area contributed by atoms with Gasteiger partial charge in [-0.15, -0.1) is 0 Å². The van der Waals surface area contributed by atoms with E-state index in [4.69, 9.17) is 0 Å². The maximum atomic E-state index is 13.6. The lowest BCUT2D eigenvalue weighted by Crippen LogP contribution is -2.54. The Morgan fingerprint density at radius 2 is 1.73 bits per heavy atom. The Balaban J connectivity index is 0.978. The topological polar surface area (TPSA) is 44.4 Å². The molecule has 4 fully saturated rings. The summed E-state index contributed by atoms with van der Waals surface area (Å²) in [6.45, 7) is 1.46. The quantitative estimate of drug-likeness (QED) is 0.385. The van der Waals surface area contributed by atoms with Crippen LogP contribution in [0.25, 0.3) is 11.1 Å². The Hall–Kier alpha value is -2.67. The summed E-state index contributed by atoms with van der Waals surface area (Å²) in [5, 5.41) is 3.77. The van der Waals surface area contributed by atoms with Crippen LogP contribution < -0.4 is 10.0 Å². The van der Waals surface area contributed by atoms with Gasteiger partial charge in [0, 0.05) is 29.1 Å². The number of hydrogen-bond acceptors (Lipinski definition) is 4. The number of rotatable bonds is 7. The molecule has 4 atom stereocenters. The van der Waals surface area contributed by atoms with Crippen LogP contribution in [0.5, 0.6) is 0 Å². The van der Waals surface area contributed by atoms with Gasteiger partial charge in [-0.1, -0.05) is 48.5 Å². The van der Waals surface area contributed by atoms with Crippen LogP contribution in [0, 0.1) is 17.7 Å². The summed E-state index contributed by atoms with van der Waals surface area (Å²) in [4.78, 5) is 16.2. The SMILES string of the molecule is O=C(CNC12CC3CC1CC(NSc1ccc(-c4ccccc4)cc1)(C3)C2)N1Cc2ccc(F)cc2C1. The Kier molecular flexibility index (Phi) is 5.68. The van der Waals surface area contributed by atoms with Crippen molar-refractivity contribution in [3.8, 4) is 11.1 Å². The van der Waals surface area contributed by atoms with Crippen LogP contribution in [-0.2, 0) is 17.9 Å². The molecule has 0 saturated heterocycles. The highest BCUT2D eigenvalue weighted by Gasteiger charge is 2.64. The van der Waals surface area contributed by atoms with Crippen molar-refractivity contribution in [3.63, 3.8) is 0 Å². The van der Waals surface area contributed by atoms with Crippen molar-refractivity contribution >= 4 is 17.9 Å². The van der Waals surface area contributed by atoms with Crippen LogP contribution in [0.2, 0.25) is 0 Å². The first-order chi connectivity index (χ1) is 18.0. The molecule has 0 aromatic heterocycles. The van der Waals surface area contributed by atoms with Crippen molar-refractivity contribution < 1.29 is 9.18 Å². The van der Waals surface area contributed by atoms with E-state index >= 15 is 0 Å². The second kappa shape index (κ2) is 8.97. The molecule has 0 spiro atoms. The summed E-state index contributed by atoms with van der Waals surface area (Å²) >= 11 is 1.76. The Morgan fingerprint density at radius 3 is 2.57 bits per heavy atom. The molecule has 2 N–H and O–H groups in total. The maximum Gasteiger partial charge on any atom is 0.237 e. The smallest absolute Gasteiger partial charge is 0.237 e. The molecule has 1 amide bonds. The molecular weight excluding hydrogens is 481 g/mol. The summed E-state index contributed by atoms with van der Waals surface area (Å²) in [5.74, 6) is 1.24. The van der Waals surface area contributed by atoms with E-state index in [0.717, 1.165) is 23.5 Å². The van der Waals surface area contributed by atoms with Crippen molar-refractivity contribution in [3.05, 3.63) is 89.7 Å². The van der Waals surface area contributed by atoms with Crippen molar-refractivity contribution in [2.75, 3.05) is 6.54 Å². The fraction of sp³-hybridized carbons (Fsp3) is 0.387. The van der Waals surface area contributed by atoms with E-state index in [1.165, 1.54) is 47.8 Å². The van der Waals surface area contributed by atoms with E-state index in [-0.39, 0.29) is 22.8 Å². The zero-order valence-electron chi connectivity index (χ0n) is 20.9. The lowest BCUT2D eigenvalue weighted by Gasteiger charge is -2.41. The molecule has 0 radical (unpaired) electrons. The molecule has 1 aliphatic heterocycles. The molecule has 190 valence electrons. The molecule has 3 aromatic rings. The Bertz CT molecular complexity index is 1330. The average Bonchev–Trinajstić information content (AvgIpc) is 3.51. The van der Waals surface area contributed by atoms with Crippen LogP contribution in [0.1, 0.15) is 43.2 Å². The minimum atomic E-state index is -0.230. The first-order valence-corrected chi connectivity index (χ1v) is 14.2. The second-order valence-corrected chi connectivity index (χ2v) is 12.5. The van der Waals surface area contributed by atoms with E-state index in [1.54, 1.807) is 18.0 Å². The summed E-state index contributed by atoms with van der Waals surface area (Å²) in [7, 11) is 0. The number of halogens is 1. The molecule has 4 aliphatic carbocycles. The van der Waals surface area contributed by atoms with Crippen molar-refractivity contribution in [1.29, 1.82) is 0 Å². The highest BCUT2D eigenvalue weighted by Crippen LogP contribution is 2.62. The van der Waals surface area contributed by atoms with Gasteiger partial charge in [-0.25, -0.2) is 4.39 Å². The van der Waals surface area contributed by atoms with Gasteiger partial charge in [-0.3, -0.25) is 9.52 Å². The van der Waals surface area contributed by atoms with Gasteiger partial charge in [0.1, 0.15) is 5.82 Å². The predicted octanol–water partition coefficient (Wildman–Crippen LogP) is 5.92. The summed E-state index contributed by atoms with van der Waals surface area (Å²) in [6.07, 6.45) is 5.93. The van der Waals surface area contributed by atoms with Gasteiger partial charge in [-0.05, 0) is 102 Å². The fourth-order valence-corrected chi connectivity index (χ4v) is 8.56. The summed E-state index contributed by atoms with van der Waals surface area (Å²) in [6, 6.07) is 24.2. The number of nitrogens with one attached hydrogen (secondary N) is 2. The van der Waals surface area contributed by atoms with Gasteiger partial charge in [0.15, 0.2) is 0 Å². The van der Waals surface area contributed by atoms with Gasteiger partial charge < -0.3 is 10.2 Å². The normalized spacial score (nSPS) is 29.2. The minimum Gasteiger partial charge on any atom is -0.333 e. The van der Waals surface area contributed by atoms with Crippen molar-refractivity contribution in [1.82, 2.24) is 14.9 Å². The molecule has 1 heterocycles. The molecule has 4 bridgehead atoms. The van der Waals surface area contributed by atoms with Gasteiger partial charge in [0.25, 0.3) is 0 Å². The first-order valence-electron chi connectivity index (χ1n) is 13.4. The van der Waals surface area contributed by atoms with E-state index < -0.39 is 0 Å². The fourth-order valence-electron chi connectivity index (χ4n) is 7.71. The molecule has 5 aliphatic rings. The highest BCUT2D eigenvalue weighted by atomic mass is 32.2. The average molecular weight is 514 g/mol. The number of amides is 1. The zero-order valence-corrected chi connectivity index (χ0v) is 21.7. The van der Waals surface area contributed by atoms with E-state index in [1.807, 2.05) is 17.0 Å². The van der Waals surface area contributed by atoms with Gasteiger partial charge >= 0.3 is 0 Å². The number of carbonyl (C=O) groups is 1. The molecular formula is C31H32FN3OS. The highest BCUT2D eigenvalue weighted by molar-refractivity contribution is 7.97. The van der Waals surface area contributed by atoms with Gasteiger partial charge in [0.05, 0.1) is 6.54 Å². The lowest BCUT2D eigenvalue weighted by atomic mass is 9.75. The molecule has 4 nitrogen and oxygen atoms in total. The van der Waals surface area contributed by atoms with Gasteiger partial charge in [0.2, 0.25) is 5.91 Å². The number of fused-ring (bicyclic) bond motifs is 1. The molecule has 37 heavy (non-hydrogen) atoms. The third-order valence-corrected chi connectivity index (χ3v) is 10.2. The van der Waals surface area contributed by atoms with Crippen molar-refractivity contribution in [2.45, 2.75) is 61.2 Å².